The predicted octanol–water partition coefficient (Wildman–Crippen LogP) is 5.66. The van der Waals surface area contributed by atoms with E-state index >= 15 is 0 Å². The fraction of sp³-hybridized carbons (Fsp3) is 0.0385. The Morgan fingerprint density at radius 1 is 0.700 bits per heavy atom. The van der Waals surface area contributed by atoms with Gasteiger partial charge >= 0.3 is 0 Å². The van der Waals surface area contributed by atoms with Gasteiger partial charge < -0.3 is 9.67 Å². The number of hydrogen-bond donors (Lipinski definition) is 1. The Hall–Kier alpha value is -3.42. The van der Waals surface area contributed by atoms with Gasteiger partial charge in [-0.2, -0.15) is 0 Å². The second kappa shape index (κ2) is 8.94. The van der Waals surface area contributed by atoms with Crippen molar-refractivity contribution >= 4 is 29.7 Å². The first-order chi connectivity index (χ1) is 14.7. The number of nitrogens with zero attached hydrogens (tertiary/aromatic N) is 1. The number of para-hydroxylation sites is 2. The van der Waals surface area contributed by atoms with Gasteiger partial charge in [-0.1, -0.05) is 91.0 Å². The first-order valence-electron chi connectivity index (χ1n) is 9.77. The zero-order chi connectivity index (χ0) is 20.8. The maximum absolute atomic E-state index is 14.4. The first-order valence-corrected chi connectivity index (χ1v) is 11.7. The summed E-state index contributed by atoms with van der Waals surface area (Å²) in [7, 11) is -2.90. The van der Waals surface area contributed by atoms with Crippen molar-refractivity contribution < 1.29 is 9.67 Å². The number of phenols is 1. The number of aliphatic imine (C=N–C) groups is 1. The van der Waals surface area contributed by atoms with Gasteiger partial charge in [0.05, 0.1) is 5.69 Å². The molecule has 0 saturated heterocycles. The van der Waals surface area contributed by atoms with Crippen LogP contribution in [-0.4, -0.2) is 11.3 Å². The number of benzene rings is 4. The maximum atomic E-state index is 14.4. The molecule has 4 rings (SSSR count). The zero-order valence-corrected chi connectivity index (χ0v) is 17.3. The number of hydrogen-bond acceptors (Lipinski definition) is 3. The Labute approximate surface area is 176 Å². The molecule has 0 unspecified atom stereocenters. The largest absolute Gasteiger partial charge is 0.507 e. The van der Waals surface area contributed by atoms with Crippen LogP contribution in [0.25, 0.3) is 0 Å². The smallest absolute Gasteiger partial charge is 0.147 e. The lowest BCUT2D eigenvalue weighted by Crippen LogP contribution is -2.17. The third kappa shape index (κ3) is 4.27. The normalized spacial score (nSPS) is 11.6. The average molecular weight is 411 g/mol. The van der Waals surface area contributed by atoms with E-state index < -0.39 is 7.14 Å². The first kappa shape index (κ1) is 19.9. The monoisotopic (exact) mass is 411 g/mol. The van der Waals surface area contributed by atoms with E-state index in [1.165, 1.54) is 0 Å². The molecule has 0 saturated carbocycles. The van der Waals surface area contributed by atoms with Gasteiger partial charge in [0.25, 0.3) is 0 Å². The van der Waals surface area contributed by atoms with Crippen molar-refractivity contribution in [3.8, 4) is 5.75 Å². The maximum Gasteiger partial charge on any atom is 0.147 e. The lowest BCUT2D eigenvalue weighted by molar-refractivity contribution is 0.474. The third-order valence-electron chi connectivity index (χ3n) is 5.01. The summed E-state index contributed by atoms with van der Waals surface area (Å²) in [4.78, 5) is 4.60. The van der Waals surface area contributed by atoms with Crippen LogP contribution in [0, 0.1) is 0 Å². The van der Waals surface area contributed by atoms with Crippen LogP contribution in [0.2, 0.25) is 0 Å². The van der Waals surface area contributed by atoms with Crippen LogP contribution < -0.4 is 10.6 Å². The molecule has 0 aliphatic rings. The van der Waals surface area contributed by atoms with Crippen LogP contribution in [0.4, 0.5) is 5.69 Å². The van der Waals surface area contributed by atoms with Gasteiger partial charge in [0.15, 0.2) is 0 Å². The third-order valence-corrected chi connectivity index (χ3v) is 8.06. The van der Waals surface area contributed by atoms with Crippen LogP contribution in [-0.2, 0) is 10.7 Å². The molecule has 0 spiro atoms. The highest BCUT2D eigenvalue weighted by molar-refractivity contribution is 7.78. The molecule has 0 bridgehead atoms. The minimum absolute atomic E-state index is 0.179. The molecule has 0 radical (unpaired) electrons. The minimum atomic E-state index is -2.90. The van der Waals surface area contributed by atoms with Crippen molar-refractivity contribution in [1.82, 2.24) is 0 Å². The number of rotatable bonds is 6. The van der Waals surface area contributed by atoms with Gasteiger partial charge in [-0.25, -0.2) is 0 Å². The summed E-state index contributed by atoms with van der Waals surface area (Å²) in [6, 6.07) is 34.1. The summed E-state index contributed by atoms with van der Waals surface area (Å²) in [6.07, 6.45) is 2.01. The molecule has 4 heteroatoms. The van der Waals surface area contributed by atoms with Crippen LogP contribution in [0.15, 0.2) is 114 Å². The molecule has 0 aliphatic carbocycles. The van der Waals surface area contributed by atoms with Gasteiger partial charge in [-0.15, -0.1) is 0 Å². The highest BCUT2D eigenvalue weighted by Crippen LogP contribution is 2.48. The van der Waals surface area contributed by atoms with E-state index in [0.717, 1.165) is 21.9 Å². The molecule has 0 heterocycles. The van der Waals surface area contributed by atoms with Gasteiger partial charge in [-0.05, 0) is 23.8 Å². The fourth-order valence-corrected chi connectivity index (χ4v) is 6.13. The molecule has 4 aromatic carbocycles. The molecular weight excluding hydrogens is 389 g/mol. The van der Waals surface area contributed by atoms with Crippen molar-refractivity contribution in [2.24, 2.45) is 4.99 Å². The standard InChI is InChI=1S/C26H22NO2P/c28-26-18-10-8-11-21(26)19-27-25-17-9-7-12-22(25)20-30(29,23-13-3-1-4-14-23)24-15-5-2-6-16-24/h1-19,28H,20H2. The zero-order valence-electron chi connectivity index (χ0n) is 16.4. The molecule has 30 heavy (non-hydrogen) atoms. The van der Waals surface area contributed by atoms with E-state index in [4.69, 9.17) is 0 Å². The molecule has 0 amide bonds. The summed E-state index contributed by atoms with van der Waals surface area (Å²) in [6.45, 7) is 0. The van der Waals surface area contributed by atoms with Crippen molar-refractivity contribution in [1.29, 1.82) is 0 Å². The molecule has 148 valence electrons. The lowest BCUT2D eigenvalue weighted by Gasteiger charge is -2.20. The molecule has 3 nitrogen and oxygen atoms in total. The molecule has 0 aliphatic heterocycles. The van der Waals surface area contributed by atoms with Crippen LogP contribution in [0.3, 0.4) is 0 Å². The van der Waals surface area contributed by atoms with Gasteiger partial charge in [-0.3, -0.25) is 4.99 Å². The van der Waals surface area contributed by atoms with E-state index in [9.17, 15) is 9.67 Å². The Kier molecular flexibility index (Phi) is 5.92. The summed E-state index contributed by atoms with van der Waals surface area (Å²) in [5, 5.41) is 11.7. The second-order valence-electron chi connectivity index (χ2n) is 7.01. The van der Waals surface area contributed by atoms with E-state index in [1.807, 2.05) is 91.0 Å². The summed E-state index contributed by atoms with van der Waals surface area (Å²) in [5.74, 6) is 0.179. The molecule has 1 N–H and O–H groups in total. The Bertz CT molecular complexity index is 1160. The predicted molar refractivity (Wildman–Crippen MR) is 125 cm³/mol. The number of phenolic OH excluding ortho intramolecular Hbond substituents is 1. The van der Waals surface area contributed by atoms with Crippen molar-refractivity contribution in [2.45, 2.75) is 6.16 Å². The summed E-state index contributed by atoms with van der Waals surface area (Å²) >= 11 is 0. The SMILES string of the molecule is O=P(Cc1ccccc1N=Cc1ccccc1O)(c1ccccc1)c1ccccc1. The Morgan fingerprint density at radius 3 is 1.87 bits per heavy atom. The molecule has 4 aromatic rings. The summed E-state index contributed by atoms with van der Waals surface area (Å²) < 4.78 is 14.4. The van der Waals surface area contributed by atoms with E-state index in [1.54, 1.807) is 24.4 Å². The molecule has 0 atom stereocenters. The van der Waals surface area contributed by atoms with Gasteiger partial charge in [0.1, 0.15) is 12.9 Å². The quantitative estimate of drug-likeness (QED) is 0.329. The molecular formula is C26H22NO2P. The number of aromatic hydroxyl groups is 1. The molecule has 0 aromatic heterocycles. The van der Waals surface area contributed by atoms with Gasteiger partial charge in [0.2, 0.25) is 0 Å². The van der Waals surface area contributed by atoms with Crippen molar-refractivity contribution in [2.75, 3.05) is 0 Å². The van der Waals surface area contributed by atoms with Gasteiger partial charge in [0, 0.05) is 28.5 Å². The minimum Gasteiger partial charge on any atom is -0.507 e. The highest BCUT2D eigenvalue weighted by atomic mass is 31.2. The second-order valence-corrected chi connectivity index (χ2v) is 9.84. The summed E-state index contributed by atoms with van der Waals surface area (Å²) in [5.41, 5.74) is 2.29. The van der Waals surface area contributed by atoms with Crippen LogP contribution in [0.1, 0.15) is 11.1 Å². The Balaban J connectivity index is 1.75. The highest BCUT2D eigenvalue weighted by Gasteiger charge is 2.28. The average Bonchev–Trinajstić information content (AvgIpc) is 2.80. The fourth-order valence-electron chi connectivity index (χ4n) is 3.42. The van der Waals surface area contributed by atoms with Crippen molar-refractivity contribution in [3.63, 3.8) is 0 Å². The Morgan fingerprint density at radius 2 is 1.23 bits per heavy atom. The molecule has 0 fully saturated rings. The lowest BCUT2D eigenvalue weighted by atomic mass is 10.2. The van der Waals surface area contributed by atoms with E-state index in [2.05, 4.69) is 4.99 Å². The van der Waals surface area contributed by atoms with E-state index in [-0.39, 0.29) is 5.75 Å². The van der Waals surface area contributed by atoms with Crippen LogP contribution >= 0.6 is 7.14 Å². The van der Waals surface area contributed by atoms with E-state index in [0.29, 0.717) is 11.7 Å². The van der Waals surface area contributed by atoms with Crippen LogP contribution in [0.5, 0.6) is 5.75 Å². The van der Waals surface area contributed by atoms with Crippen molar-refractivity contribution in [3.05, 3.63) is 120 Å². The topological polar surface area (TPSA) is 49.7 Å².